The van der Waals surface area contributed by atoms with Crippen LogP contribution in [-0.2, 0) is 6.54 Å². The molecule has 2 unspecified atom stereocenters. The van der Waals surface area contributed by atoms with Crippen LogP contribution in [0.2, 0.25) is 0 Å². The number of ether oxygens (including phenoxy) is 1. The number of benzene rings is 3. The molecule has 0 radical (unpaired) electrons. The van der Waals surface area contributed by atoms with E-state index in [1.54, 1.807) is 13.2 Å². The van der Waals surface area contributed by atoms with Crippen molar-refractivity contribution >= 4 is 11.4 Å². The Morgan fingerprint density at radius 3 is 2.43 bits per heavy atom. The van der Waals surface area contributed by atoms with Crippen LogP contribution in [0, 0.1) is 5.82 Å². The summed E-state index contributed by atoms with van der Waals surface area (Å²) in [5, 5.41) is 0. The predicted molar refractivity (Wildman–Crippen MR) is 108 cm³/mol. The minimum atomic E-state index is -0.596. The summed E-state index contributed by atoms with van der Waals surface area (Å²) in [5.74, 6) is 0.317. The third-order valence-corrected chi connectivity index (χ3v) is 5.07. The van der Waals surface area contributed by atoms with Crippen LogP contribution in [0.1, 0.15) is 17.3 Å². The Morgan fingerprint density at radius 1 is 0.964 bits per heavy atom. The summed E-state index contributed by atoms with van der Waals surface area (Å²) in [6.07, 6.45) is -1.02. The molecule has 28 heavy (non-hydrogen) atoms. The van der Waals surface area contributed by atoms with Gasteiger partial charge in [0.2, 0.25) is 0 Å². The summed E-state index contributed by atoms with van der Waals surface area (Å²) in [6.45, 7) is 0.561. The third kappa shape index (κ3) is 3.22. The van der Waals surface area contributed by atoms with Crippen molar-refractivity contribution in [2.75, 3.05) is 12.0 Å². The second kappa shape index (κ2) is 7.59. The Kier molecular flexibility index (Phi) is 5.00. The van der Waals surface area contributed by atoms with E-state index >= 15 is 0 Å². The summed E-state index contributed by atoms with van der Waals surface area (Å²) in [5.41, 5.74) is 16.7. The molecule has 4 N–H and O–H groups in total. The number of nitrogens with two attached hydrogens (primary N) is 2. The fraction of sp³-hybridized carbons (Fsp3) is 0.182. The molecule has 1 heterocycles. The smallest absolute Gasteiger partial charge is 0.142 e. The number of nitrogens with zero attached hydrogens (tertiary/aromatic N) is 2. The fourth-order valence-electron chi connectivity index (χ4n) is 3.72. The number of rotatable bonds is 4. The summed E-state index contributed by atoms with van der Waals surface area (Å²) >= 11 is 0. The van der Waals surface area contributed by atoms with Crippen molar-refractivity contribution < 1.29 is 9.13 Å². The zero-order valence-electron chi connectivity index (χ0n) is 15.6. The molecule has 0 amide bonds. The van der Waals surface area contributed by atoms with Crippen LogP contribution in [0.25, 0.3) is 0 Å². The highest BCUT2D eigenvalue weighted by molar-refractivity contribution is 5.75. The summed E-state index contributed by atoms with van der Waals surface area (Å²) in [7, 11) is 1.60. The van der Waals surface area contributed by atoms with Crippen molar-refractivity contribution in [3.8, 4) is 5.75 Å². The van der Waals surface area contributed by atoms with Gasteiger partial charge in [-0.1, -0.05) is 48.5 Å². The molecule has 1 aliphatic rings. The van der Waals surface area contributed by atoms with Crippen molar-refractivity contribution in [3.05, 3.63) is 89.7 Å². The summed E-state index contributed by atoms with van der Waals surface area (Å²) in [4.78, 5) is 3.87. The van der Waals surface area contributed by atoms with Gasteiger partial charge in [-0.25, -0.2) is 9.29 Å². The Bertz CT molecular complexity index is 966. The van der Waals surface area contributed by atoms with E-state index in [9.17, 15) is 4.39 Å². The molecule has 1 aliphatic heterocycles. The maximum Gasteiger partial charge on any atom is 0.142 e. The quantitative estimate of drug-likeness (QED) is 0.725. The highest BCUT2D eigenvalue weighted by Gasteiger charge is 2.38. The van der Waals surface area contributed by atoms with E-state index in [1.807, 2.05) is 64.4 Å². The zero-order chi connectivity index (χ0) is 19.7. The molecule has 0 spiro atoms. The third-order valence-electron chi connectivity index (χ3n) is 5.07. The van der Waals surface area contributed by atoms with Crippen molar-refractivity contribution in [2.45, 2.75) is 19.0 Å². The Balaban J connectivity index is 1.85. The molecule has 0 saturated heterocycles. The normalized spacial score (nSPS) is 19.4. The maximum atomic E-state index is 14.0. The molecule has 6 heteroatoms. The molecule has 5 nitrogen and oxygen atoms in total. The van der Waals surface area contributed by atoms with E-state index in [4.69, 9.17) is 16.2 Å². The van der Waals surface area contributed by atoms with Gasteiger partial charge in [0.05, 0.1) is 19.0 Å². The van der Waals surface area contributed by atoms with E-state index in [-0.39, 0.29) is 5.82 Å². The molecule has 0 bridgehead atoms. The number of methoxy groups -OCH3 is 1. The number of hydrogen-bond donors (Lipinski definition) is 2. The lowest BCUT2D eigenvalue weighted by molar-refractivity contribution is 0.120. The molecule has 0 saturated carbocycles. The summed E-state index contributed by atoms with van der Waals surface area (Å²) in [6, 6.07) is 22.1. The zero-order valence-corrected chi connectivity index (χ0v) is 15.6. The SMILES string of the molecule is COc1cccc2c1N(c1cccc(F)c1)C(N)N(Cc1ccccc1)C2N. The average Bonchev–Trinajstić information content (AvgIpc) is 2.72. The summed E-state index contributed by atoms with van der Waals surface area (Å²) < 4.78 is 19.6. The van der Waals surface area contributed by atoms with E-state index in [2.05, 4.69) is 0 Å². The number of fused-ring (bicyclic) bond motifs is 1. The van der Waals surface area contributed by atoms with Crippen LogP contribution in [0.4, 0.5) is 15.8 Å². The first-order chi connectivity index (χ1) is 13.6. The molecule has 3 aromatic rings. The van der Waals surface area contributed by atoms with Gasteiger partial charge < -0.3 is 15.4 Å². The monoisotopic (exact) mass is 378 g/mol. The highest BCUT2D eigenvalue weighted by Crippen LogP contribution is 2.45. The maximum absolute atomic E-state index is 14.0. The number of hydrogen-bond acceptors (Lipinski definition) is 5. The van der Waals surface area contributed by atoms with Crippen molar-refractivity contribution in [1.82, 2.24) is 4.90 Å². The molecule has 0 aliphatic carbocycles. The topological polar surface area (TPSA) is 67.8 Å². The van der Waals surface area contributed by atoms with Crippen LogP contribution in [0.5, 0.6) is 5.75 Å². The number of para-hydroxylation sites is 1. The van der Waals surface area contributed by atoms with Crippen molar-refractivity contribution in [2.24, 2.45) is 11.5 Å². The number of halogens is 1. The molecule has 144 valence electrons. The molecule has 0 fully saturated rings. The molecular formula is C22H23FN4O. The van der Waals surface area contributed by atoms with E-state index in [0.29, 0.717) is 18.0 Å². The standard InChI is InChI=1S/C22H23FN4O/c1-28-19-12-6-11-18-20(19)27(17-10-5-9-16(23)13-17)22(25)26(21(18)24)14-15-7-3-2-4-8-15/h2-13,21-22H,14,24-25H2,1H3. The van der Waals surface area contributed by atoms with Crippen LogP contribution in [0.3, 0.4) is 0 Å². The van der Waals surface area contributed by atoms with Gasteiger partial charge >= 0.3 is 0 Å². The lowest BCUT2D eigenvalue weighted by Gasteiger charge is -2.47. The van der Waals surface area contributed by atoms with Gasteiger partial charge in [0.1, 0.15) is 17.9 Å². The predicted octanol–water partition coefficient (Wildman–Crippen LogP) is 3.69. The fourth-order valence-corrected chi connectivity index (χ4v) is 3.72. The Labute approximate surface area is 163 Å². The molecule has 0 aromatic heterocycles. The van der Waals surface area contributed by atoms with Crippen molar-refractivity contribution in [3.63, 3.8) is 0 Å². The van der Waals surface area contributed by atoms with Crippen LogP contribution in [-0.4, -0.2) is 18.3 Å². The van der Waals surface area contributed by atoms with Gasteiger partial charge in [0.25, 0.3) is 0 Å². The second-order valence-corrected chi connectivity index (χ2v) is 6.76. The minimum Gasteiger partial charge on any atom is -0.495 e. The lowest BCUT2D eigenvalue weighted by atomic mass is 10.0. The van der Waals surface area contributed by atoms with E-state index < -0.39 is 12.5 Å². The molecule has 2 atom stereocenters. The highest BCUT2D eigenvalue weighted by atomic mass is 19.1. The number of anilines is 2. The average molecular weight is 378 g/mol. The molecule has 3 aromatic carbocycles. The molecule has 4 rings (SSSR count). The lowest BCUT2D eigenvalue weighted by Crippen LogP contribution is -2.58. The second-order valence-electron chi connectivity index (χ2n) is 6.76. The van der Waals surface area contributed by atoms with E-state index in [0.717, 1.165) is 16.8 Å². The minimum absolute atomic E-state index is 0.328. The van der Waals surface area contributed by atoms with Gasteiger partial charge in [0, 0.05) is 17.8 Å². The Hall–Kier alpha value is -2.93. The first kappa shape index (κ1) is 18.4. The Morgan fingerprint density at radius 2 is 1.71 bits per heavy atom. The van der Waals surface area contributed by atoms with Gasteiger partial charge in [-0.15, -0.1) is 0 Å². The van der Waals surface area contributed by atoms with E-state index in [1.165, 1.54) is 12.1 Å². The van der Waals surface area contributed by atoms with Gasteiger partial charge in [-0.3, -0.25) is 5.73 Å². The van der Waals surface area contributed by atoms with Crippen LogP contribution >= 0.6 is 0 Å². The first-order valence-corrected chi connectivity index (χ1v) is 9.12. The van der Waals surface area contributed by atoms with Gasteiger partial charge in [0.15, 0.2) is 0 Å². The largest absolute Gasteiger partial charge is 0.495 e. The van der Waals surface area contributed by atoms with Crippen LogP contribution in [0.15, 0.2) is 72.8 Å². The molecular weight excluding hydrogens is 355 g/mol. The van der Waals surface area contributed by atoms with Crippen LogP contribution < -0.4 is 21.1 Å². The first-order valence-electron chi connectivity index (χ1n) is 9.12. The van der Waals surface area contributed by atoms with Gasteiger partial charge in [-0.2, -0.15) is 0 Å². The van der Waals surface area contributed by atoms with Gasteiger partial charge in [-0.05, 0) is 29.8 Å². The van der Waals surface area contributed by atoms with Crippen molar-refractivity contribution in [1.29, 1.82) is 0 Å².